The smallest absolute Gasteiger partial charge is 0.240 e. The van der Waals surface area contributed by atoms with Crippen LogP contribution in [0.2, 0.25) is 0 Å². The van der Waals surface area contributed by atoms with Gasteiger partial charge >= 0.3 is 0 Å². The third-order valence-electron chi connectivity index (χ3n) is 2.44. The molecule has 1 fully saturated rings. The van der Waals surface area contributed by atoms with Crippen LogP contribution < -0.4 is 5.32 Å². The van der Waals surface area contributed by atoms with E-state index in [1.165, 1.54) is 12.8 Å². The van der Waals surface area contributed by atoms with Gasteiger partial charge in [0.15, 0.2) is 5.82 Å². The second-order valence-corrected chi connectivity index (χ2v) is 3.92. The number of hydrogen-bond acceptors (Lipinski definition) is 5. The van der Waals surface area contributed by atoms with Gasteiger partial charge in [-0.05, 0) is 18.8 Å². The van der Waals surface area contributed by atoms with Crippen molar-refractivity contribution in [3.8, 4) is 0 Å². The number of methoxy groups -OCH3 is 1. The van der Waals surface area contributed by atoms with Crippen molar-refractivity contribution in [1.82, 2.24) is 15.5 Å². The fourth-order valence-corrected chi connectivity index (χ4v) is 1.39. The molecule has 2 rings (SSSR count). The number of rotatable bonds is 7. The van der Waals surface area contributed by atoms with E-state index in [0.29, 0.717) is 19.0 Å². The Morgan fingerprint density at radius 1 is 1.50 bits per heavy atom. The molecule has 1 aliphatic carbocycles. The maximum absolute atomic E-state index is 5.11. The maximum Gasteiger partial charge on any atom is 0.240 e. The predicted octanol–water partition coefficient (Wildman–Crippen LogP) is 1.18. The molecule has 0 aliphatic heterocycles. The van der Waals surface area contributed by atoms with Gasteiger partial charge in [-0.25, -0.2) is 0 Å². The quantitative estimate of drug-likeness (QED) is 0.734. The number of ether oxygens (including phenoxy) is 1. The molecular formula is C10H18ClN3O2. The Balaban J connectivity index is 0.00000128. The van der Waals surface area contributed by atoms with Crippen molar-refractivity contribution in [2.24, 2.45) is 5.92 Å². The SMILES string of the molecule is COCCNCc1nc(CC2CC2)no1.Cl. The fraction of sp³-hybridized carbons (Fsp3) is 0.800. The zero-order chi connectivity index (χ0) is 10.5. The van der Waals surface area contributed by atoms with Crippen molar-refractivity contribution in [2.75, 3.05) is 20.3 Å². The highest BCUT2D eigenvalue weighted by Crippen LogP contribution is 2.31. The molecule has 92 valence electrons. The van der Waals surface area contributed by atoms with Crippen molar-refractivity contribution in [3.05, 3.63) is 11.7 Å². The zero-order valence-electron chi connectivity index (χ0n) is 9.44. The molecule has 1 aromatic rings. The number of nitrogens with zero attached hydrogens (tertiary/aromatic N) is 2. The van der Waals surface area contributed by atoms with Crippen molar-refractivity contribution < 1.29 is 9.26 Å². The molecule has 1 saturated carbocycles. The normalized spacial score (nSPS) is 14.8. The molecule has 0 saturated heterocycles. The summed E-state index contributed by atoms with van der Waals surface area (Å²) in [5.41, 5.74) is 0. The molecule has 0 spiro atoms. The van der Waals surface area contributed by atoms with E-state index in [0.717, 1.165) is 24.7 Å². The summed E-state index contributed by atoms with van der Waals surface area (Å²) in [4.78, 5) is 4.31. The molecule has 0 unspecified atom stereocenters. The Kier molecular flexibility index (Phi) is 5.73. The van der Waals surface area contributed by atoms with Crippen LogP contribution in [0.3, 0.4) is 0 Å². The first-order chi connectivity index (χ1) is 7.38. The van der Waals surface area contributed by atoms with Crippen LogP contribution in [0.15, 0.2) is 4.52 Å². The summed E-state index contributed by atoms with van der Waals surface area (Å²) < 4.78 is 10.0. The first-order valence-corrected chi connectivity index (χ1v) is 5.39. The van der Waals surface area contributed by atoms with Gasteiger partial charge < -0.3 is 14.6 Å². The van der Waals surface area contributed by atoms with Crippen LogP contribution in [-0.2, 0) is 17.7 Å². The number of halogens is 1. The first-order valence-electron chi connectivity index (χ1n) is 5.39. The van der Waals surface area contributed by atoms with E-state index in [2.05, 4.69) is 15.5 Å². The minimum Gasteiger partial charge on any atom is -0.383 e. The van der Waals surface area contributed by atoms with Gasteiger partial charge in [-0.3, -0.25) is 0 Å². The maximum atomic E-state index is 5.11. The lowest BCUT2D eigenvalue weighted by Crippen LogP contribution is -2.18. The van der Waals surface area contributed by atoms with Gasteiger partial charge in [-0.15, -0.1) is 12.4 Å². The third kappa shape index (κ3) is 4.47. The van der Waals surface area contributed by atoms with Crippen molar-refractivity contribution in [2.45, 2.75) is 25.8 Å². The molecule has 1 aromatic heterocycles. The lowest BCUT2D eigenvalue weighted by Gasteiger charge is -1.98. The highest BCUT2D eigenvalue weighted by molar-refractivity contribution is 5.85. The summed E-state index contributed by atoms with van der Waals surface area (Å²) in [6.07, 6.45) is 3.60. The molecule has 0 amide bonds. The van der Waals surface area contributed by atoms with Gasteiger partial charge in [-0.1, -0.05) is 5.16 Å². The molecule has 6 heteroatoms. The third-order valence-corrected chi connectivity index (χ3v) is 2.44. The van der Waals surface area contributed by atoms with Crippen LogP contribution in [0.4, 0.5) is 0 Å². The fourth-order valence-electron chi connectivity index (χ4n) is 1.39. The molecule has 0 aromatic carbocycles. The summed E-state index contributed by atoms with van der Waals surface area (Å²) in [5, 5.41) is 7.10. The molecule has 1 heterocycles. The molecule has 1 N–H and O–H groups in total. The molecular weight excluding hydrogens is 230 g/mol. The Labute approximate surface area is 101 Å². The average Bonchev–Trinajstić information content (AvgIpc) is 2.93. The van der Waals surface area contributed by atoms with Crippen LogP contribution in [0.5, 0.6) is 0 Å². The second kappa shape index (κ2) is 6.83. The van der Waals surface area contributed by atoms with Gasteiger partial charge in [0, 0.05) is 20.1 Å². The summed E-state index contributed by atoms with van der Waals surface area (Å²) in [6, 6.07) is 0. The van der Waals surface area contributed by atoms with E-state index < -0.39 is 0 Å². The second-order valence-electron chi connectivity index (χ2n) is 3.92. The van der Waals surface area contributed by atoms with Crippen LogP contribution in [0.25, 0.3) is 0 Å². The minimum atomic E-state index is 0. The Morgan fingerprint density at radius 2 is 2.31 bits per heavy atom. The summed E-state index contributed by atoms with van der Waals surface area (Å²) in [7, 11) is 1.68. The lowest BCUT2D eigenvalue weighted by molar-refractivity contribution is 0.197. The van der Waals surface area contributed by atoms with Crippen LogP contribution in [-0.4, -0.2) is 30.4 Å². The molecule has 5 nitrogen and oxygen atoms in total. The van der Waals surface area contributed by atoms with Crippen LogP contribution in [0, 0.1) is 5.92 Å². The van der Waals surface area contributed by atoms with E-state index in [4.69, 9.17) is 9.26 Å². The zero-order valence-corrected chi connectivity index (χ0v) is 10.3. The molecule has 16 heavy (non-hydrogen) atoms. The number of nitrogens with one attached hydrogen (secondary N) is 1. The lowest BCUT2D eigenvalue weighted by atomic mass is 10.3. The van der Waals surface area contributed by atoms with E-state index in [-0.39, 0.29) is 12.4 Å². The molecule has 0 radical (unpaired) electrons. The standard InChI is InChI=1S/C10H17N3O2.ClH/c1-14-5-4-11-7-10-12-9(13-15-10)6-8-2-3-8;/h8,11H,2-7H2,1H3;1H. The van der Waals surface area contributed by atoms with Gasteiger partial charge in [0.2, 0.25) is 5.89 Å². The molecule has 0 atom stereocenters. The Morgan fingerprint density at radius 3 is 3.00 bits per heavy atom. The molecule has 1 aliphatic rings. The van der Waals surface area contributed by atoms with Crippen LogP contribution in [0.1, 0.15) is 24.6 Å². The Hall–Kier alpha value is -0.650. The average molecular weight is 248 g/mol. The van der Waals surface area contributed by atoms with Crippen molar-refractivity contribution in [3.63, 3.8) is 0 Å². The molecule has 0 bridgehead atoms. The van der Waals surface area contributed by atoms with Crippen molar-refractivity contribution in [1.29, 1.82) is 0 Å². The summed E-state index contributed by atoms with van der Waals surface area (Å²) in [6.45, 7) is 2.13. The highest BCUT2D eigenvalue weighted by atomic mass is 35.5. The van der Waals surface area contributed by atoms with E-state index in [1.54, 1.807) is 7.11 Å². The predicted molar refractivity (Wildman–Crippen MR) is 61.6 cm³/mol. The summed E-state index contributed by atoms with van der Waals surface area (Å²) in [5.74, 6) is 2.32. The van der Waals surface area contributed by atoms with Crippen molar-refractivity contribution >= 4 is 12.4 Å². The van der Waals surface area contributed by atoms with Gasteiger partial charge in [0.1, 0.15) is 0 Å². The topological polar surface area (TPSA) is 60.2 Å². The highest BCUT2D eigenvalue weighted by Gasteiger charge is 2.23. The first kappa shape index (κ1) is 13.4. The van der Waals surface area contributed by atoms with Crippen LogP contribution >= 0.6 is 12.4 Å². The minimum absolute atomic E-state index is 0. The number of hydrogen-bond donors (Lipinski definition) is 1. The largest absolute Gasteiger partial charge is 0.383 e. The Bertz CT molecular complexity index is 302. The van der Waals surface area contributed by atoms with Gasteiger partial charge in [0.25, 0.3) is 0 Å². The van der Waals surface area contributed by atoms with E-state index in [1.807, 2.05) is 0 Å². The summed E-state index contributed by atoms with van der Waals surface area (Å²) >= 11 is 0. The van der Waals surface area contributed by atoms with Gasteiger partial charge in [0.05, 0.1) is 13.2 Å². The van der Waals surface area contributed by atoms with E-state index >= 15 is 0 Å². The van der Waals surface area contributed by atoms with E-state index in [9.17, 15) is 0 Å². The van der Waals surface area contributed by atoms with Gasteiger partial charge in [-0.2, -0.15) is 4.98 Å². The number of aromatic nitrogens is 2. The monoisotopic (exact) mass is 247 g/mol.